The van der Waals surface area contributed by atoms with E-state index in [2.05, 4.69) is 29.8 Å². The predicted molar refractivity (Wildman–Crippen MR) is 76.0 cm³/mol. The van der Waals surface area contributed by atoms with E-state index in [4.69, 9.17) is 4.74 Å². The zero-order valence-corrected chi connectivity index (χ0v) is 12.0. The molecule has 100 valence electrons. The van der Waals surface area contributed by atoms with E-state index < -0.39 is 0 Å². The molecule has 3 rings (SSSR count). The number of rotatable bonds is 1. The van der Waals surface area contributed by atoms with Gasteiger partial charge in [-0.05, 0) is 31.2 Å². The van der Waals surface area contributed by atoms with Crippen LogP contribution < -0.4 is 5.32 Å². The van der Waals surface area contributed by atoms with Gasteiger partial charge in [-0.3, -0.25) is 0 Å². The smallest absolute Gasteiger partial charge is 0.107 e. The predicted octanol–water partition coefficient (Wildman–Crippen LogP) is 3.75. The van der Waals surface area contributed by atoms with Crippen LogP contribution in [-0.2, 0) is 4.74 Å². The first-order valence-electron chi connectivity index (χ1n) is 7.18. The summed E-state index contributed by atoms with van der Waals surface area (Å²) in [7, 11) is 0. The highest BCUT2D eigenvalue weighted by Crippen LogP contribution is 2.40. The van der Waals surface area contributed by atoms with Crippen molar-refractivity contribution in [3.63, 3.8) is 0 Å². The summed E-state index contributed by atoms with van der Waals surface area (Å²) >= 11 is 1.81. The van der Waals surface area contributed by atoms with Gasteiger partial charge in [0.15, 0.2) is 0 Å². The van der Waals surface area contributed by atoms with Gasteiger partial charge in [0.05, 0.1) is 6.61 Å². The Morgan fingerprint density at radius 1 is 1.33 bits per heavy atom. The zero-order valence-electron chi connectivity index (χ0n) is 11.2. The van der Waals surface area contributed by atoms with Gasteiger partial charge in [0.1, 0.15) is 6.10 Å². The van der Waals surface area contributed by atoms with Gasteiger partial charge in [0, 0.05) is 22.9 Å². The molecule has 1 aromatic heterocycles. The summed E-state index contributed by atoms with van der Waals surface area (Å²) in [5.74, 6) is 0. The quantitative estimate of drug-likeness (QED) is 0.835. The van der Waals surface area contributed by atoms with E-state index in [9.17, 15) is 0 Å². The first-order chi connectivity index (χ1) is 8.79. The largest absolute Gasteiger partial charge is 0.370 e. The SMILES string of the molecule is CC1NCC2(CCCCC2)COC1c1cccs1. The average Bonchev–Trinajstić information content (AvgIpc) is 2.87. The molecule has 1 saturated carbocycles. The van der Waals surface area contributed by atoms with Crippen molar-refractivity contribution in [1.82, 2.24) is 5.32 Å². The van der Waals surface area contributed by atoms with Gasteiger partial charge in [0.25, 0.3) is 0 Å². The van der Waals surface area contributed by atoms with E-state index in [1.54, 1.807) is 0 Å². The standard InChI is InChI=1S/C15H23NOS/c1-12-14(13-6-5-9-18-13)17-11-15(10-16-12)7-3-2-4-8-15/h5-6,9,12,14,16H,2-4,7-8,10-11H2,1H3. The van der Waals surface area contributed by atoms with Crippen LogP contribution in [0.2, 0.25) is 0 Å². The summed E-state index contributed by atoms with van der Waals surface area (Å²) in [6.07, 6.45) is 7.08. The Hall–Kier alpha value is -0.380. The van der Waals surface area contributed by atoms with E-state index in [1.807, 2.05) is 11.3 Å². The molecule has 18 heavy (non-hydrogen) atoms. The van der Waals surface area contributed by atoms with Gasteiger partial charge in [0.2, 0.25) is 0 Å². The normalized spacial score (nSPS) is 32.3. The van der Waals surface area contributed by atoms with Gasteiger partial charge in [-0.1, -0.05) is 25.3 Å². The maximum absolute atomic E-state index is 6.30. The van der Waals surface area contributed by atoms with E-state index in [1.165, 1.54) is 37.0 Å². The topological polar surface area (TPSA) is 21.3 Å². The Kier molecular flexibility index (Phi) is 3.73. The van der Waals surface area contributed by atoms with Crippen LogP contribution in [0.25, 0.3) is 0 Å². The molecule has 1 aliphatic carbocycles. The third kappa shape index (κ3) is 2.49. The van der Waals surface area contributed by atoms with Crippen molar-refractivity contribution in [1.29, 1.82) is 0 Å². The van der Waals surface area contributed by atoms with Crippen molar-refractivity contribution in [2.45, 2.75) is 51.2 Å². The highest BCUT2D eigenvalue weighted by atomic mass is 32.1. The van der Waals surface area contributed by atoms with Gasteiger partial charge in [-0.25, -0.2) is 0 Å². The molecule has 1 spiro atoms. The van der Waals surface area contributed by atoms with Crippen LogP contribution in [0.15, 0.2) is 17.5 Å². The Morgan fingerprint density at radius 3 is 2.89 bits per heavy atom. The van der Waals surface area contributed by atoms with Crippen molar-refractivity contribution in [2.75, 3.05) is 13.2 Å². The molecular formula is C15H23NOS. The minimum absolute atomic E-state index is 0.242. The first kappa shape index (κ1) is 12.6. The van der Waals surface area contributed by atoms with Crippen LogP contribution in [0, 0.1) is 5.41 Å². The van der Waals surface area contributed by atoms with Crippen LogP contribution in [-0.4, -0.2) is 19.2 Å². The Morgan fingerprint density at radius 2 is 2.17 bits per heavy atom. The lowest BCUT2D eigenvalue weighted by Gasteiger charge is -2.35. The fourth-order valence-electron chi connectivity index (χ4n) is 3.35. The molecule has 3 heteroatoms. The lowest BCUT2D eigenvalue weighted by atomic mass is 9.74. The molecule has 2 nitrogen and oxygen atoms in total. The van der Waals surface area contributed by atoms with Gasteiger partial charge in [-0.15, -0.1) is 11.3 Å². The van der Waals surface area contributed by atoms with Crippen molar-refractivity contribution >= 4 is 11.3 Å². The van der Waals surface area contributed by atoms with Gasteiger partial charge >= 0.3 is 0 Å². The van der Waals surface area contributed by atoms with Crippen LogP contribution in [0.1, 0.15) is 50.0 Å². The number of hydrogen-bond donors (Lipinski definition) is 1. The first-order valence-corrected chi connectivity index (χ1v) is 8.05. The third-order valence-electron chi connectivity index (χ3n) is 4.56. The monoisotopic (exact) mass is 265 g/mol. The van der Waals surface area contributed by atoms with E-state index >= 15 is 0 Å². The summed E-state index contributed by atoms with van der Waals surface area (Å²) < 4.78 is 6.30. The van der Waals surface area contributed by atoms with Crippen molar-refractivity contribution in [2.24, 2.45) is 5.41 Å². The number of ether oxygens (including phenoxy) is 1. The fourth-order valence-corrected chi connectivity index (χ4v) is 4.23. The third-order valence-corrected chi connectivity index (χ3v) is 5.49. The summed E-state index contributed by atoms with van der Waals surface area (Å²) in [6, 6.07) is 4.74. The Labute approximate surface area is 114 Å². The summed E-state index contributed by atoms with van der Waals surface area (Å²) in [6.45, 7) is 4.33. The van der Waals surface area contributed by atoms with Crippen molar-refractivity contribution in [3.8, 4) is 0 Å². The molecule has 0 bridgehead atoms. The molecule has 2 unspecified atom stereocenters. The highest BCUT2D eigenvalue weighted by molar-refractivity contribution is 7.10. The molecule has 2 fully saturated rings. The molecule has 1 saturated heterocycles. The lowest BCUT2D eigenvalue weighted by molar-refractivity contribution is -0.00884. The minimum atomic E-state index is 0.242. The molecular weight excluding hydrogens is 242 g/mol. The maximum Gasteiger partial charge on any atom is 0.107 e. The molecule has 0 radical (unpaired) electrons. The maximum atomic E-state index is 6.30. The van der Waals surface area contributed by atoms with Crippen molar-refractivity contribution < 1.29 is 4.74 Å². The van der Waals surface area contributed by atoms with E-state index in [0.29, 0.717) is 11.5 Å². The second-order valence-corrected chi connectivity index (χ2v) is 6.96. The molecule has 2 aliphatic rings. The summed E-state index contributed by atoms with van der Waals surface area (Å²) in [5, 5.41) is 5.87. The lowest BCUT2D eigenvalue weighted by Crippen LogP contribution is -2.39. The van der Waals surface area contributed by atoms with E-state index in [-0.39, 0.29) is 6.10 Å². The Balaban J connectivity index is 1.73. The van der Waals surface area contributed by atoms with Crippen LogP contribution in [0.5, 0.6) is 0 Å². The van der Waals surface area contributed by atoms with Crippen molar-refractivity contribution in [3.05, 3.63) is 22.4 Å². The number of thiophene rings is 1. The minimum Gasteiger partial charge on any atom is -0.370 e. The number of hydrogen-bond acceptors (Lipinski definition) is 3. The zero-order chi connectivity index (χ0) is 12.4. The molecule has 1 aliphatic heterocycles. The average molecular weight is 265 g/mol. The molecule has 0 amide bonds. The Bertz CT molecular complexity index is 370. The molecule has 2 atom stereocenters. The fraction of sp³-hybridized carbons (Fsp3) is 0.733. The molecule has 1 aromatic rings. The number of nitrogens with one attached hydrogen (secondary N) is 1. The van der Waals surface area contributed by atoms with Crippen LogP contribution >= 0.6 is 11.3 Å². The highest BCUT2D eigenvalue weighted by Gasteiger charge is 2.37. The van der Waals surface area contributed by atoms with E-state index in [0.717, 1.165) is 13.2 Å². The second-order valence-electron chi connectivity index (χ2n) is 5.98. The van der Waals surface area contributed by atoms with Crippen LogP contribution in [0.4, 0.5) is 0 Å². The summed E-state index contributed by atoms with van der Waals surface area (Å²) in [4.78, 5) is 1.36. The van der Waals surface area contributed by atoms with Gasteiger partial charge < -0.3 is 10.1 Å². The molecule has 2 heterocycles. The van der Waals surface area contributed by atoms with Crippen LogP contribution in [0.3, 0.4) is 0 Å². The summed E-state index contributed by atoms with van der Waals surface area (Å²) in [5.41, 5.74) is 0.415. The molecule has 0 aromatic carbocycles. The molecule has 1 N–H and O–H groups in total. The van der Waals surface area contributed by atoms with Gasteiger partial charge in [-0.2, -0.15) is 0 Å². The second kappa shape index (κ2) is 5.32.